The fourth-order valence-electron chi connectivity index (χ4n) is 1.91. The summed E-state index contributed by atoms with van der Waals surface area (Å²) in [7, 11) is 0. The minimum Gasteiger partial charge on any atom is -0.276 e. The fraction of sp³-hybridized carbons (Fsp3) is 0.0769. The maximum absolute atomic E-state index is 13.1. The van der Waals surface area contributed by atoms with Gasteiger partial charge in [-0.15, -0.1) is 0 Å². The van der Waals surface area contributed by atoms with E-state index in [1.165, 1.54) is 12.1 Å². The van der Waals surface area contributed by atoms with E-state index in [4.69, 9.17) is 0 Å². The van der Waals surface area contributed by atoms with Gasteiger partial charge in [0.1, 0.15) is 11.6 Å². The Hall–Kier alpha value is -2.30. The molecule has 0 aliphatic carbocycles. The monoisotopic (exact) mass is 245 g/mol. The van der Waals surface area contributed by atoms with Gasteiger partial charge in [0.25, 0.3) is 0 Å². The molecule has 3 nitrogen and oxygen atoms in total. The van der Waals surface area contributed by atoms with Gasteiger partial charge in [-0.3, -0.25) is 10.1 Å². The summed E-state index contributed by atoms with van der Waals surface area (Å²) in [5.74, 6) is -1.15. The Morgan fingerprint density at radius 1 is 1.00 bits per heavy atom. The molecule has 0 unspecified atom stereocenters. The largest absolute Gasteiger partial charge is 0.276 e. The van der Waals surface area contributed by atoms with Crippen molar-refractivity contribution >= 4 is 10.9 Å². The molecule has 18 heavy (non-hydrogen) atoms. The Morgan fingerprint density at radius 3 is 2.56 bits per heavy atom. The highest BCUT2D eigenvalue weighted by atomic mass is 19.1. The van der Waals surface area contributed by atoms with Crippen molar-refractivity contribution in [2.75, 3.05) is 0 Å². The number of halogens is 2. The minimum absolute atomic E-state index is 0.385. The lowest BCUT2D eigenvalue weighted by atomic mass is 10.1. The van der Waals surface area contributed by atoms with Crippen LogP contribution in [0.15, 0.2) is 36.7 Å². The number of nitrogens with zero attached hydrogens (tertiary/aromatic N) is 2. The summed E-state index contributed by atoms with van der Waals surface area (Å²) in [4.78, 5) is 4.22. The van der Waals surface area contributed by atoms with Crippen LogP contribution in [0.5, 0.6) is 0 Å². The van der Waals surface area contributed by atoms with Crippen molar-refractivity contribution < 1.29 is 8.78 Å². The van der Waals surface area contributed by atoms with E-state index in [2.05, 4.69) is 15.2 Å². The molecule has 0 saturated heterocycles. The molecule has 1 aromatic carbocycles. The summed E-state index contributed by atoms with van der Waals surface area (Å²) in [5.41, 5.74) is 2.14. The lowest BCUT2D eigenvalue weighted by Gasteiger charge is -2.02. The molecule has 3 rings (SSSR count). The number of hydrogen-bond acceptors (Lipinski definition) is 2. The number of fused-ring (bicyclic) bond motifs is 1. The number of benzene rings is 1. The second-order valence-corrected chi connectivity index (χ2v) is 4.09. The maximum Gasteiger partial charge on any atom is 0.126 e. The van der Waals surface area contributed by atoms with E-state index < -0.39 is 11.6 Å². The van der Waals surface area contributed by atoms with E-state index in [0.717, 1.165) is 22.7 Å². The van der Waals surface area contributed by atoms with Gasteiger partial charge in [0.15, 0.2) is 0 Å². The van der Waals surface area contributed by atoms with Crippen LogP contribution in [0, 0.1) is 11.6 Å². The number of rotatable bonds is 2. The third kappa shape index (κ3) is 2.07. The smallest absolute Gasteiger partial charge is 0.126 e. The van der Waals surface area contributed by atoms with Crippen LogP contribution in [0.2, 0.25) is 0 Å². The van der Waals surface area contributed by atoms with Gasteiger partial charge >= 0.3 is 0 Å². The Kier molecular flexibility index (Phi) is 2.51. The second kappa shape index (κ2) is 4.18. The third-order valence-electron chi connectivity index (χ3n) is 2.69. The van der Waals surface area contributed by atoms with Crippen LogP contribution in [-0.4, -0.2) is 15.2 Å². The molecule has 2 heterocycles. The first-order valence-corrected chi connectivity index (χ1v) is 5.44. The van der Waals surface area contributed by atoms with Crippen LogP contribution >= 0.6 is 0 Å². The van der Waals surface area contributed by atoms with E-state index in [-0.39, 0.29) is 0 Å². The van der Waals surface area contributed by atoms with Gasteiger partial charge in [-0.2, -0.15) is 5.10 Å². The van der Waals surface area contributed by atoms with Gasteiger partial charge in [-0.25, -0.2) is 8.78 Å². The van der Waals surface area contributed by atoms with Crippen LogP contribution < -0.4 is 0 Å². The van der Waals surface area contributed by atoms with Crippen LogP contribution in [0.25, 0.3) is 10.9 Å². The van der Waals surface area contributed by atoms with Crippen LogP contribution in [0.3, 0.4) is 0 Å². The molecule has 0 aliphatic heterocycles. The molecule has 0 radical (unpaired) electrons. The Labute approximate surface area is 101 Å². The van der Waals surface area contributed by atoms with Crippen molar-refractivity contribution in [1.82, 2.24) is 15.2 Å². The van der Waals surface area contributed by atoms with Gasteiger partial charge in [0.2, 0.25) is 0 Å². The predicted molar refractivity (Wildman–Crippen MR) is 63.1 cm³/mol. The average molecular weight is 245 g/mol. The molecule has 90 valence electrons. The topological polar surface area (TPSA) is 41.6 Å². The molecule has 0 saturated carbocycles. The van der Waals surface area contributed by atoms with Crippen molar-refractivity contribution in [1.29, 1.82) is 0 Å². The summed E-state index contributed by atoms with van der Waals surface area (Å²) in [6.07, 6.45) is 3.73. The highest BCUT2D eigenvalue weighted by Crippen LogP contribution is 2.15. The van der Waals surface area contributed by atoms with Crippen molar-refractivity contribution in [2.45, 2.75) is 6.42 Å². The number of hydrogen-bond donors (Lipinski definition) is 1. The summed E-state index contributed by atoms with van der Waals surface area (Å²) in [6.45, 7) is 0. The summed E-state index contributed by atoms with van der Waals surface area (Å²) in [5, 5.41) is 7.62. The van der Waals surface area contributed by atoms with E-state index >= 15 is 0 Å². The third-order valence-corrected chi connectivity index (χ3v) is 2.69. The molecule has 3 aromatic rings. The van der Waals surface area contributed by atoms with Gasteiger partial charge in [-0.1, -0.05) is 0 Å². The Bertz CT molecular complexity index is 686. The summed E-state index contributed by atoms with van der Waals surface area (Å²) < 4.78 is 26.1. The van der Waals surface area contributed by atoms with E-state index in [1.807, 2.05) is 6.07 Å². The number of H-pyrrole nitrogens is 1. The van der Waals surface area contributed by atoms with Gasteiger partial charge in [0.05, 0.1) is 17.9 Å². The lowest BCUT2D eigenvalue weighted by Crippen LogP contribution is -1.94. The van der Waals surface area contributed by atoms with Crippen molar-refractivity contribution in [3.8, 4) is 0 Å². The number of nitrogens with one attached hydrogen (secondary N) is 1. The highest BCUT2D eigenvalue weighted by molar-refractivity contribution is 5.77. The number of aromatic nitrogens is 3. The molecule has 0 spiro atoms. The molecule has 0 atom stereocenters. The standard InChI is InChI=1S/C13H9F2N3/c14-10-1-8(2-11(15)5-10)3-12-4-9-6-17-18-13(9)7-16-12/h1-2,4-7H,3H2,(H,17,18). The first-order chi connectivity index (χ1) is 8.70. The van der Waals surface area contributed by atoms with Crippen molar-refractivity contribution in [3.05, 3.63) is 59.6 Å². The molecule has 2 aromatic heterocycles. The quantitative estimate of drug-likeness (QED) is 0.754. The number of pyridine rings is 1. The number of aromatic amines is 1. The zero-order valence-electron chi connectivity index (χ0n) is 9.32. The van der Waals surface area contributed by atoms with Crippen LogP contribution in [0.1, 0.15) is 11.3 Å². The first kappa shape index (κ1) is 10.8. The zero-order valence-corrected chi connectivity index (χ0v) is 9.32. The molecular formula is C13H9F2N3. The molecular weight excluding hydrogens is 236 g/mol. The molecule has 0 bridgehead atoms. The lowest BCUT2D eigenvalue weighted by molar-refractivity contribution is 0.580. The molecule has 5 heteroatoms. The Balaban J connectivity index is 1.95. The SMILES string of the molecule is Fc1cc(F)cc(Cc2cc3cn[nH]c3cn2)c1. The maximum atomic E-state index is 13.1. The second-order valence-electron chi connectivity index (χ2n) is 4.09. The average Bonchev–Trinajstić information content (AvgIpc) is 2.74. The van der Waals surface area contributed by atoms with Crippen LogP contribution in [-0.2, 0) is 6.42 Å². The van der Waals surface area contributed by atoms with Gasteiger partial charge in [0, 0.05) is 23.6 Å². The van der Waals surface area contributed by atoms with Crippen molar-refractivity contribution in [3.63, 3.8) is 0 Å². The normalized spacial score (nSPS) is 11.0. The summed E-state index contributed by atoms with van der Waals surface area (Å²) >= 11 is 0. The molecule has 0 amide bonds. The van der Waals surface area contributed by atoms with E-state index in [9.17, 15) is 8.78 Å². The summed E-state index contributed by atoms with van der Waals surface area (Å²) in [6, 6.07) is 5.33. The van der Waals surface area contributed by atoms with Gasteiger partial charge in [-0.05, 0) is 23.8 Å². The van der Waals surface area contributed by atoms with E-state index in [1.54, 1.807) is 12.4 Å². The Morgan fingerprint density at radius 2 is 1.78 bits per heavy atom. The molecule has 0 aliphatic rings. The van der Waals surface area contributed by atoms with E-state index in [0.29, 0.717) is 12.0 Å². The first-order valence-electron chi connectivity index (χ1n) is 5.44. The van der Waals surface area contributed by atoms with Crippen LogP contribution in [0.4, 0.5) is 8.78 Å². The molecule has 1 N–H and O–H groups in total. The zero-order chi connectivity index (χ0) is 12.5. The predicted octanol–water partition coefficient (Wildman–Crippen LogP) is 2.83. The highest BCUT2D eigenvalue weighted by Gasteiger charge is 2.04. The minimum atomic E-state index is -0.575. The molecule has 0 fully saturated rings. The van der Waals surface area contributed by atoms with Crippen molar-refractivity contribution in [2.24, 2.45) is 0 Å². The van der Waals surface area contributed by atoms with Gasteiger partial charge < -0.3 is 0 Å². The fourth-order valence-corrected chi connectivity index (χ4v) is 1.91.